The second-order valence-electron chi connectivity index (χ2n) is 8.29. The van der Waals surface area contributed by atoms with Crippen LogP contribution >= 0.6 is 0 Å². The van der Waals surface area contributed by atoms with Gasteiger partial charge in [0.1, 0.15) is 0 Å². The van der Waals surface area contributed by atoms with Gasteiger partial charge in [-0.2, -0.15) is 10.1 Å². The van der Waals surface area contributed by atoms with Crippen LogP contribution < -0.4 is 5.62 Å². The van der Waals surface area contributed by atoms with Gasteiger partial charge in [-0.05, 0) is 56.3 Å². The van der Waals surface area contributed by atoms with Crippen LogP contribution in [-0.4, -0.2) is 40.8 Å². The number of imidazole rings is 1. The Morgan fingerprint density at radius 3 is 2.78 bits per heavy atom. The summed E-state index contributed by atoms with van der Waals surface area (Å²) in [5.41, 5.74) is 3.86. The maximum absolute atomic E-state index is 13.1. The number of carbonyl (C=O) groups excluding carboxylic acids is 1. The Morgan fingerprint density at radius 1 is 1.09 bits per heavy atom. The number of amides is 1. The highest BCUT2D eigenvalue weighted by atomic mass is 16.3. The fourth-order valence-electron chi connectivity index (χ4n) is 3.76. The normalized spacial score (nSPS) is 12.7. The van der Waals surface area contributed by atoms with E-state index >= 15 is 0 Å². The minimum Gasteiger partial charge on any atom is -0.389 e. The molecule has 0 unspecified atom stereocenters. The maximum Gasteiger partial charge on any atom is 0.280 e. The number of aromatic amines is 1. The van der Waals surface area contributed by atoms with Gasteiger partial charge in [0.2, 0.25) is 5.62 Å². The number of hydrogen-bond acceptors (Lipinski definition) is 4. The van der Waals surface area contributed by atoms with Crippen molar-refractivity contribution >= 4 is 22.5 Å². The number of nitrogens with zero attached hydrogens (tertiary/aromatic N) is 5. The molecule has 5 rings (SSSR count). The summed E-state index contributed by atoms with van der Waals surface area (Å²) in [6.45, 7) is 3.73. The third kappa shape index (κ3) is 3.72. The Bertz CT molecular complexity index is 1520. The molecule has 4 heterocycles. The Kier molecular flexibility index (Phi) is 4.71. The van der Waals surface area contributed by atoms with Crippen LogP contribution in [0.1, 0.15) is 24.2 Å². The fourth-order valence-corrected chi connectivity index (χ4v) is 3.76. The fraction of sp³-hybridized carbons (Fsp3) is 0.167. The number of aliphatic hydroxyl groups is 1. The summed E-state index contributed by atoms with van der Waals surface area (Å²) >= 11 is 0. The van der Waals surface area contributed by atoms with Crippen molar-refractivity contribution < 1.29 is 9.90 Å². The van der Waals surface area contributed by atoms with Crippen molar-refractivity contribution in [1.29, 1.82) is 0 Å². The summed E-state index contributed by atoms with van der Waals surface area (Å²) in [5.74, 6) is -0.405. The van der Waals surface area contributed by atoms with E-state index in [1.807, 2.05) is 53.1 Å². The van der Waals surface area contributed by atoms with Gasteiger partial charge in [-0.25, -0.2) is 4.52 Å². The predicted octanol–water partition coefficient (Wildman–Crippen LogP) is 3.19. The summed E-state index contributed by atoms with van der Waals surface area (Å²) in [4.78, 5) is 25.1. The molecule has 5 aromatic rings. The second-order valence-corrected chi connectivity index (χ2v) is 8.29. The zero-order chi connectivity index (χ0) is 22.3. The first-order valence-corrected chi connectivity index (χ1v) is 10.3. The number of benzene rings is 1. The number of carbonyl (C=O) groups is 1. The van der Waals surface area contributed by atoms with Crippen LogP contribution in [-0.2, 0) is 6.54 Å². The molecule has 2 N–H and O–H groups in total. The number of rotatable bonds is 4. The monoisotopic (exact) mass is 426 g/mol. The van der Waals surface area contributed by atoms with Gasteiger partial charge < -0.3 is 14.7 Å². The van der Waals surface area contributed by atoms with E-state index in [1.54, 1.807) is 42.9 Å². The number of hydrogen-bond donors (Lipinski definition) is 2. The number of H-pyrrole nitrogens is 1. The number of nitrogens with one attached hydrogen (secondary N) is 1. The molecule has 0 atom stereocenters. The molecule has 0 bridgehead atoms. The van der Waals surface area contributed by atoms with Crippen LogP contribution in [0.5, 0.6) is 0 Å². The van der Waals surface area contributed by atoms with E-state index in [9.17, 15) is 9.90 Å². The molecule has 0 saturated heterocycles. The van der Waals surface area contributed by atoms with Gasteiger partial charge in [0.25, 0.3) is 5.91 Å². The Morgan fingerprint density at radius 2 is 1.94 bits per heavy atom. The molecule has 0 spiro atoms. The molecule has 8 nitrogen and oxygen atoms in total. The van der Waals surface area contributed by atoms with Crippen molar-refractivity contribution in [3.8, 4) is 11.4 Å². The van der Waals surface area contributed by atoms with Gasteiger partial charge in [-0.3, -0.25) is 9.78 Å². The minimum absolute atomic E-state index is 0.284. The lowest BCUT2D eigenvalue weighted by Crippen LogP contribution is -2.32. The van der Waals surface area contributed by atoms with Crippen LogP contribution in [0, 0.1) is 0 Å². The summed E-state index contributed by atoms with van der Waals surface area (Å²) in [5, 5.41) is 14.7. The van der Waals surface area contributed by atoms with Crippen LogP contribution in [0.2, 0.25) is 0 Å². The molecule has 0 aliphatic rings. The summed E-state index contributed by atoms with van der Waals surface area (Å²) in [7, 11) is 0. The standard InChI is InChI=1S/C24H22N6O2/c1-24(2,32)15-29-20-8-4-3-7-18(20)27-23(29)28-22(31)16-10-12-25-19(14-16)21-9-5-6-17-11-13-26-30(17)21/h3-14,32H,15H2,1-2H3,(H,27,28,31). The van der Waals surface area contributed by atoms with E-state index in [4.69, 9.17) is 0 Å². The molecule has 0 radical (unpaired) electrons. The quantitative estimate of drug-likeness (QED) is 0.461. The van der Waals surface area contributed by atoms with E-state index in [2.05, 4.69) is 20.1 Å². The lowest BCUT2D eigenvalue weighted by Gasteiger charge is -2.18. The predicted molar refractivity (Wildman–Crippen MR) is 121 cm³/mol. The average Bonchev–Trinajstić information content (AvgIpc) is 3.38. The van der Waals surface area contributed by atoms with Gasteiger partial charge in [-0.1, -0.05) is 18.2 Å². The van der Waals surface area contributed by atoms with E-state index in [1.165, 1.54) is 0 Å². The summed E-state index contributed by atoms with van der Waals surface area (Å²) in [6, 6.07) is 18.7. The van der Waals surface area contributed by atoms with Crippen molar-refractivity contribution in [3.05, 3.63) is 84.2 Å². The topological polar surface area (TPSA) is 101 Å². The molecule has 1 amide bonds. The zero-order valence-electron chi connectivity index (χ0n) is 17.7. The number of fused-ring (bicyclic) bond motifs is 2. The highest BCUT2D eigenvalue weighted by Gasteiger charge is 2.17. The van der Waals surface area contributed by atoms with Crippen molar-refractivity contribution in [2.45, 2.75) is 26.0 Å². The lowest BCUT2D eigenvalue weighted by atomic mass is 10.1. The Balaban J connectivity index is 1.59. The molecule has 0 fully saturated rings. The highest BCUT2D eigenvalue weighted by Crippen LogP contribution is 2.20. The third-order valence-electron chi connectivity index (χ3n) is 5.14. The molecule has 4 aromatic heterocycles. The molecular weight excluding hydrogens is 404 g/mol. The molecule has 0 saturated carbocycles. The highest BCUT2D eigenvalue weighted by molar-refractivity contribution is 5.95. The molecule has 0 aliphatic carbocycles. The van der Waals surface area contributed by atoms with Gasteiger partial charge in [0.15, 0.2) is 0 Å². The number of para-hydroxylation sites is 2. The summed E-state index contributed by atoms with van der Waals surface area (Å²) < 4.78 is 3.60. The van der Waals surface area contributed by atoms with Gasteiger partial charge in [0, 0.05) is 11.8 Å². The van der Waals surface area contributed by atoms with E-state index in [0.29, 0.717) is 16.9 Å². The molecule has 8 heteroatoms. The average molecular weight is 426 g/mol. The maximum atomic E-state index is 13.1. The van der Waals surface area contributed by atoms with Gasteiger partial charge in [0.05, 0.1) is 46.3 Å². The largest absolute Gasteiger partial charge is 0.389 e. The van der Waals surface area contributed by atoms with E-state index in [0.717, 1.165) is 22.2 Å². The van der Waals surface area contributed by atoms with Crippen LogP contribution in [0.15, 0.2) is 78.0 Å². The lowest BCUT2D eigenvalue weighted by molar-refractivity contribution is 0.0612. The van der Waals surface area contributed by atoms with Crippen LogP contribution in [0.4, 0.5) is 0 Å². The van der Waals surface area contributed by atoms with Crippen molar-refractivity contribution in [2.75, 3.05) is 0 Å². The molecule has 32 heavy (non-hydrogen) atoms. The van der Waals surface area contributed by atoms with Crippen molar-refractivity contribution in [2.24, 2.45) is 4.99 Å². The van der Waals surface area contributed by atoms with Crippen LogP contribution in [0.25, 0.3) is 27.9 Å². The second kappa shape index (κ2) is 7.58. The first kappa shape index (κ1) is 19.9. The Labute approximate surface area is 183 Å². The number of aromatic nitrogens is 5. The molecular formula is C24H22N6O2. The van der Waals surface area contributed by atoms with Crippen molar-refractivity contribution in [1.82, 2.24) is 24.1 Å². The minimum atomic E-state index is -0.977. The van der Waals surface area contributed by atoms with Gasteiger partial charge in [-0.15, -0.1) is 0 Å². The summed E-state index contributed by atoms with van der Waals surface area (Å²) in [6.07, 6.45) is 3.32. The van der Waals surface area contributed by atoms with E-state index in [-0.39, 0.29) is 6.54 Å². The number of pyridine rings is 2. The smallest absolute Gasteiger partial charge is 0.280 e. The zero-order valence-corrected chi connectivity index (χ0v) is 17.7. The van der Waals surface area contributed by atoms with E-state index < -0.39 is 11.5 Å². The molecule has 0 aliphatic heterocycles. The first-order chi connectivity index (χ1) is 15.4. The van der Waals surface area contributed by atoms with Crippen molar-refractivity contribution in [3.63, 3.8) is 0 Å². The molecule has 160 valence electrons. The Hall–Kier alpha value is -4.04. The SMILES string of the molecule is CC(C)(O)Cn1/c(=N/C(=O)c2ccnc(-c3cccc4ccnn34)c2)[nH]c2ccccc21. The first-order valence-electron chi connectivity index (χ1n) is 10.3. The van der Waals surface area contributed by atoms with Crippen LogP contribution in [0.3, 0.4) is 0 Å². The van der Waals surface area contributed by atoms with Gasteiger partial charge >= 0.3 is 0 Å². The third-order valence-corrected chi connectivity index (χ3v) is 5.14. The molecule has 1 aromatic carbocycles.